The molecule has 1 aliphatic carbocycles. The minimum atomic E-state index is -0.293. The van der Waals surface area contributed by atoms with Crippen molar-refractivity contribution in [3.63, 3.8) is 0 Å². The second-order valence-corrected chi connectivity index (χ2v) is 7.32. The first kappa shape index (κ1) is 18.5. The third-order valence-electron chi connectivity index (χ3n) is 4.99. The second kappa shape index (κ2) is 7.96. The van der Waals surface area contributed by atoms with Crippen molar-refractivity contribution in [3.05, 3.63) is 58.2 Å². The van der Waals surface area contributed by atoms with Gasteiger partial charge in [-0.15, -0.1) is 0 Å². The minimum absolute atomic E-state index is 0.0109. The number of nitrogens with one attached hydrogen (secondary N) is 1. The number of hydrogen-bond donors (Lipinski definition) is 1. The molecule has 1 N–H and O–H groups in total. The first-order valence-electron chi connectivity index (χ1n) is 9.31. The van der Waals surface area contributed by atoms with Crippen LogP contribution in [0.3, 0.4) is 0 Å². The summed E-state index contributed by atoms with van der Waals surface area (Å²) in [7, 11) is 3.86. The molecule has 1 atom stereocenters. The summed E-state index contributed by atoms with van der Waals surface area (Å²) in [5.41, 5.74) is 5.81. The highest BCUT2D eigenvalue weighted by Gasteiger charge is 2.22. The van der Waals surface area contributed by atoms with E-state index in [1.807, 2.05) is 50.2 Å². The Labute approximate surface area is 155 Å². The molecular formula is C21H28N4O. The van der Waals surface area contributed by atoms with E-state index in [1.54, 1.807) is 0 Å². The molecule has 1 amide bonds. The third kappa shape index (κ3) is 4.10. The lowest BCUT2D eigenvalue weighted by Crippen LogP contribution is -2.38. The molecule has 0 bridgehead atoms. The Morgan fingerprint density at radius 3 is 2.58 bits per heavy atom. The zero-order chi connectivity index (χ0) is 18.7. The van der Waals surface area contributed by atoms with Gasteiger partial charge >= 0.3 is 0 Å². The molecular weight excluding hydrogens is 324 g/mol. The predicted molar refractivity (Wildman–Crippen MR) is 103 cm³/mol. The van der Waals surface area contributed by atoms with Gasteiger partial charge in [0.05, 0.1) is 0 Å². The molecule has 0 saturated heterocycles. The second-order valence-electron chi connectivity index (χ2n) is 7.32. The van der Waals surface area contributed by atoms with Crippen LogP contribution in [0.4, 0.5) is 0 Å². The Balaban J connectivity index is 1.62. The van der Waals surface area contributed by atoms with E-state index in [9.17, 15) is 4.79 Å². The van der Waals surface area contributed by atoms with Crippen molar-refractivity contribution in [2.75, 3.05) is 20.6 Å². The fourth-order valence-electron chi connectivity index (χ4n) is 3.62. The molecule has 1 aromatic carbocycles. The maximum absolute atomic E-state index is 12.7. The summed E-state index contributed by atoms with van der Waals surface area (Å²) in [6.07, 6.45) is 3.98. The average Bonchev–Trinajstić information content (AvgIpc) is 3.06. The van der Waals surface area contributed by atoms with Crippen molar-refractivity contribution in [2.24, 2.45) is 0 Å². The molecule has 0 fully saturated rings. The Hall–Kier alpha value is -2.27. The van der Waals surface area contributed by atoms with E-state index in [-0.39, 0.29) is 11.9 Å². The van der Waals surface area contributed by atoms with Gasteiger partial charge in [0.15, 0.2) is 0 Å². The lowest BCUT2D eigenvalue weighted by atomic mass is 10.0. The predicted octanol–water partition coefficient (Wildman–Crippen LogP) is 2.54. The van der Waals surface area contributed by atoms with Gasteiger partial charge < -0.3 is 5.32 Å². The van der Waals surface area contributed by atoms with Gasteiger partial charge in [0.1, 0.15) is 11.9 Å². The van der Waals surface area contributed by atoms with Crippen LogP contribution < -0.4 is 5.32 Å². The first-order valence-corrected chi connectivity index (χ1v) is 9.31. The summed E-state index contributed by atoms with van der Waals surface area (Å²) in [6, 6.07) is 7.83. The zero-order valence-corrected chi connectivity index (χ0v) is 16.2. The molecule has 5 heteroatoms. The number of rotatable bonds is 6. The number of fused-ring (bicyclic) bond motifs is 1. The van der Waals surface area contributed by atoms with Crippen LogP contribution in [0.25, 0.3) is 0 Å². The monoisotopic (exact) mass is 352 g/mol. The van der Waals surface area contributed by atoms with Gasteiger partial charge in [0.2, 0.25) is 5.91 Å². The van der Waals surface area contributed by atoms with Crippen LogP contribution in [0.5, 0.6) is 0 Å². The normalized spacial score (nSPS) is 14.3. The van der Waals surface area contributed by atoms with Gasteiger partial charge in [-0.3, -0.25) is 9.69 Å². The van der Waals surface area contributed by atoms with Gasteiger partial charge in [-0.1, -0.05) is 29.8 Å². The van der Waals surface area contributed by atoms with Gasteiger partial charge in [0, 0.05) is 24.4 Å². The van der Waals surface area contributed by atoms with E-state index < -0.39 is 0 Å². The van der Waals surface area contributed by atoms with Gasteiger partial charge in [-0.2, -0.15) is 0 Å². The number of carbonyl (C=O) groups excluding carboxylic acids is 1. The van der Waals surface area contributed by atoms with Crippen LogP contribution in [-0.2, 0) is 24.1 Å². The molecule has 2 aromatic rings. The number of aryl methyl sites for hydroxylation is 3. The standard InChI is InChI=1S/C21H28N4O/c1-14-8-10-16(11-9-14)20(25(3)4)21(26)22-13-12-19-23-15(2)17-6-5-7-18(17)24-19/h8-11,20H,5-7,12-13H2,1-4H3,(H,22,26)/t20-/m1/s1. The Kier molecular flexibility index (Phi) is 5.67. The quantitative estimate of drug-likeness (QED) is 0.868. The van der Waals surface area contributed by atoms with Crippen molar-refractivity contribution in [1.82, 2.24) is 20.2 Å². The number of hydrogen-bond acceptors (Lipinski definition) is 4. The molecule has 0 radical (unpaired) electrons. The van der Waals surface area contributed by atoms with Gasteiger partial charge in [0.25, 0.3) is 0 Å². The lowest BCUT2D eigenvalue weighted by Gasteiger charge is -2.24. The number of likely N-dealkylation sites (N-methyl/N-ethyl adjacent to an activating group) is 1. The molecule has 1 aliphatic rings. The largest absolute Gasteiger partial charge is 0.354 e. The van der Waals surface area contributed by atoms with Crippen molar-refractivity contribution in [3.8, 4) is 0 Å². The van der Waals surface area contributed by atoms with E-state index >= 15 is 0 Å². The van der Waals surface area contributed by atoms with Crippen LogP contribution in [0, 0.1) is 13.8 Å². The SMILES string of the molecule is Cc1ccc([C@H](C(=O)NCCc2nc(C)c3c(n2)CCC3)N(C)C)cc1. The minimum Gasteiger partial charge on any atom is -0.354 e. The lowest BCUT2D eigenvalue weighted by molar-refractivity contribution is -0.125. The molecule has 26 heavy (non-hydrogen) atoms. The maximum Gasteiger partial charge on any atom is 0.241 e. The highest BCUT2D eigenvalue weighted by Crippen LogP contribution is 2.22. The molecule has 0 saturated carbocycles. The van der Waals surface area contributed by atoms with Crippen LogP contribution in [0.2, 0.25) is 0 Å². The van der Waals surface area contributed by atoms with Gasteiger partial charge in [-0.25, -0.2) is 9.97 Å². The molecule has 138 valence electrons. The molecule has 0 spiro atoms. The van der Waals surface area contributed by atoms with Crippen LogP contribution in [0.1, 0.15) is 46.4 Å². The molecule has 1 aromatic heterocycles. The van der Waals surface area contributed by atoms with Crippen LogP contribution in [0.15, 0.2) is 24.3 Å². The van der Waals surface area contributed by atoms with E-state index in [1.165, 1.54) is 23.2 Å². The summed E-state index contributed by atoms with van der Waals surface area (Å²) >= 11 is 0. The third-order valence-corrected chi connectivity index (χ3v) is 4.99. The van der Waals surface area contributed by atoms with Crippen LogP contribution >= 0.6 is 0 Å². The summed E-state index contributed by atoms with van der Waals surface area (Å²) in [5.74, 6) is 0.844. The maximum atomic E-state index is 12.7. The summed E-state index contributed by atoms with van der Waals surface area (Å²) in [6.45, 7) is 4.66. The van der Waals surface area contributed by atoms with Crippen LogP contribution in [-0.4, -0.2) is 41.4 Å². The van der Waals surface area contributed by atoms with Crippen molar-refractivity contribution < 1.29 is 4.79 Å². The number of carbonyl (C=O) groups is 1. The molecule has 3 rings (SSSR count). The van der Waals surface area contributed by atoms with E-state index in [2.05, 4.69) is 22.2 Å². The van der Waals surface area contributed by atoms with Crippen molar-refractivity contribution >= 4 is 5.91 Å². The molecule has 0 unspecified atom stereocenters. The van der Waals surface area contributed by atoms with E-state index in [4.69, 9.17) is 0 Å². The van der Waals surface area contributed by atoms with E-state index in [0.717, 1.165) is 29.9 Å². The number of amides is 1. The highest BCUT2D eigenvalue weighted by atomic mass is 16.2. The highest BCUT2D eigenvalue weighted by molar-refractivity contribution is 5.83. The first-order chi connectivity index (χ1) is 12.5. The average molecular weight is 352 g/mol. The zero-order valence-electron chi connectivity index (χ0n) is 16.2. The molecule has 5 nitrogen and oxygen atoms in total. The molecule has 1 heterocycles. The topological polar surface area (TPSA) is 58.1 Å². The number of benzene rings is 1. The Bertz CT molecular complexity index is 783. The van der Waals surface area contributed by atoms with Gasteiger partial charge in [-0.05, 0) is 58.3 Å². The fourth-order valence-corrected chi connectivity index (χ4v) is 3.62. The fraction of sp³-hybridized carbons (Fsp3) is 0.476. The van der Waals surface area contributed by atoms with Crippen molar-refractivity contribution in [2.45, 2.75) is 45.6 Å². The number of nitrogens with zero attached hydrogens (tertiary/aromatic N) is 3. The summed E-state index contributed by atoms with van der Waals surface area (Å²) < 4.78 is 0. The Morgan fingerprint density at radius 2 is 1.88 bits per heavy atom. The smallest absolute Gasteiger partial charge is 0.241 e. The van der Waals surface area contributed by atoms with E-state index in [0.29, 0.717) is 13.0 Å². The Morgan fingerprint density at radius 1 is 1.15 bits per heavy atom. The molecule has 0 aliphatic heterocycles. The summed E-state index contributed by atoms with van der Waals surface area (Å²) in [4.78, 5) is 24.0. The summed E-state index contributed by atoms with van der Waals surface area (Å²) in [5, 5.41) is 3.05. The van der Waals surface area contributed by atoms with Crippen molar-refractivity contribution in [1.29, 1.82) is 0 Å². The number of aromatic nitrogens is 2.